The Hall–Kier alpha value is -2.21. The van der Waals surface area contributed by atoms with Gasteiger partial charge in [0.2, 0.25) is 10.6 Å². The molecule has 0 aliphatic carbocycles. The number of esters is 1. The van der Waals surface area contributed by atoms with Crippen LogP contribution >= 0.6 is 11.3 Å². The SMILES string of the molecule is CCC1CC(=O)Oc2nc(-c3ccc(OC)cc3)sc(=O)c21. The first-order valence-corrected chi connectivity index (χ1v) is 7.84. The molecule has 22 heavy (non-hydrogen) atoms. The zero-order chi connectivity index (χ0) is 15.7. The van der Waals surface area contributed by atoms with Crippen LogP contribution in [0, 0.1) is 0 Å². The molecular formula is C16H15NO4S. The molecule has 1 aromatic heterocycles. The van der Waals surface area contributed by atoms with Crippen molar-refractivity contribution in [3.05, 3.63) is 39.4 Å². The van der Waals surface area contributed by atoms with Crippen LogP contribution in [0.2, 0.25) is 0 Å². The minimum Gasteiger partial charge on any atom is -0.497 e. The fourth-order valence-corrected chi connectivity index (χ4v) is 3.40. The average Bonchev–Trinajstić information content (AvgIpc) is 2.53. The third-order valence-electron chi connectivity index (χ3n) is 3.70. The van der Waals surface area contributed by atoms with Crippen LogP contribution in [0.15, 0.2) is 29.1 Å². The Morgan fingerprint density at radius 2 is 2.05 bits per heavy atom. The van der Waals surface area contributed by atoms with Crippen molar-refractivity contribution >= 4 is 17.3 Å². The van der Waals surface area contributed by atoms with Gasteiger partial charge in [-0.15, -0.1) is 0 Å². The van der Waals surface area contributed by atoms with E-state index < -0.39 is 0 Å². The van der Waals surface area contributed by atoms with Crippen LogP contribution in [0.4, 0.5) is 0 Å². The number of ether oxygens (including phenoxy) is 2. The summed E-state index contributed by atoms with van der Waals surface area (Å²) < 4.78 is 10.2. The van der Waals surface area contributed by atoms with Gasteiger partial charge in [-0.25, -0.2) is 4.98 Å². The number of hydrogen-bond donors (Lipinski definition) is 0. The zero-order valence-electron chi connectivity index (χ0n) is 12.3. The molecule has 1 atom stereocenters. The van der Waals surface area contributed by atoms with Crippen molar-refractivity contribution in [3.63, 3.8) is 0 Å². The van der Waals surface area contributed by atoms with E-state index in [4.69, 9.17) is 9.47 Å². The van der Waals surface area contributed by atoms with Gasteiger partial charge in [0, 0.05) is 11.5 Å². The Kier molecular flexibility index (Phi) is 3.94. The molecule has 1 aromatic carbocycles. The molecule has 0 spiro atoms. The second-order valence-electron chi connectivity index (χ2n) is 5.04. The lowest BCUT2D eigenvalue weighted by atomic mass is 9.94. The second-order valence-corrected chi connectivity index (χ2v) is 6.00. The Balaban J connectivity index is 2.08. The number of nitrogens with zero attached hydrogens (tertiary/aromatic N) is 1. The third-order valence-corrected chi connectivity index (χ3v) is 4.63. The van der Waals surface area contributed by atoms with Crippen molar-refractivity contribution in [2.45, 2.75) is 25.7 Å². The topological polar surface area (TPSA) is 65.5 Å². The highest BCUT2D eigenvalue weighted by molar-refractivity contribution is 7.12. The van der Waals surface area contributed by atoms with Crippen LogP contribution in [-0.2, 0) is 4.79 Å². The van der Waals surface area contributed by atoms with Gasteiger partial charge in [0.05, 0.1) is 19.1 Å². The van der Waals surface area contributed by atoms with Crippen LogP contribution in [0.1, 0.15) is 31.2 Å². The number of hydrogen-bond acceptors (Lipinski definition) is 6. The first-order chi connectivity index (χ1) is 10.6. The van der Waals surface area contributed by atoms with E-state index in [0.717, 1.165) is 22.6 Å². The van der Waals surface area contributed by atoms with Gasteiger partial charge >= 0.3 is 5.97 Å². The average molecular weight is 317 g/mol. The summed E-state index contributed by atoms with van der Waals surface area (Å²) in [5.41, 5.74) is 1.32. The van der Waals surface area contributed by atoms with Crippen molar-refractivity contribution in [2.24, 2.45) is 0 Å². The number of fused-ring (bicyclic) bond motifs is 1. The third kappa shape index (κ3) is 2.62. The lowest BCUT2D eigenvalue weighted by molar-refractivity contribution is -0.136. The predicted molar refractivity (Wildman–Crippen MR) is 83.7 cm³/mol. The van der Waals surface area contributed by atoms with Crippen molar-refractivity contribution in [1.29, 1.82) is 0 Å². The summed E-state index contributed by atoms with van der Waals surface area (Å²) in [7, 11) is 1.59. The summed E-state index contributed by atoms with van der Waals surface area (Å²) in [6, 6.07) is 7.25. The van der Waals surface area contributed by atoms with E-state index in [2.05, 4.69) is 4.98 Å². The number of carbonyl (C=O) groups excluding carboxylic acids is 1. The zero-order valence-corrected chi connectivity index (χ0v) is 13.1. The maximum atomic E-state index is 12.4. The highest BCUT2D eigenvalue weighted by Crippen LogP contribution is 2.35. The summed E-state index contributed by atoms with van der Waals surface area (Å²) in [6.07, 6.45) is 0.961. The van der Waals surface area contributed by atoms with E-state index >= 15 is 0 Å². The molecule has 5 nitrogen and oxygen atoms in total. The van der Waals surface area contributed by atoms with E-state index in [1.54, 1.807) is 19.2 Å². The summed E-state index contributed by atoms with van der Waals surface area (Å²) in [4.78, 5) is 28.5. The molecule has 1 aliphatic heterocycles. The Labute approximate surface area is 131 Å². The first kappa shape index (κ1) is 14.7. The molecule has 0 amide bonds. The van der Waals surface area contributed by atoms with Gasteiger partial charge < -0.3 is 9.47 Å². The Morgan fingerprint density at radius 1 is 1.32 bits per heavy atom. The van der Waals surface area contributed by atoms with E-state index in [-0.39, 0.29) is 28.9 Å². The van der Waals surface area contributed by atoms with Gasteiger partial charge in [-0.2, -0.15) is 0 Å². The Bertz CT molecular complexity index is 767. The maximum Gasteiger partial charge on any atom is 0.313 e. The lowest BCUT2D eigenvalue weighted by Crippen LogP contribution is -2.25. The number of carbonyl (C=O) groups is 1. The second kappa shape index (κ2) is 5.88. The monoisotopic (exact) mass is 317 g/mol. The molecule has 0 bridgehead atoms. The molecule has 0 radical (unpaired) electrons. The molecule has 3 rings (SSSR count). The molecule has 6 heteroatoms. The largest absolute Gasteiger partial charge is 0.497 e. The van der Waals surface area contributed by atoms with Crippen LogP contribution in [0.3, 0.4) is 0 Å². The number of rotatable bonds is 3. The van der Waals surface area contributed by atoms with Gasteiger partial charge in [-0.05, 0) is 30.7 Å². The predicted octanol–water partition coefficient (Wildman–Crippen LogP) is 2.98. The number of methoxy groups -OCH3 is 1. The molecule has 1 unspecified atom stereocenters. The highest BCUT2D eigenvalue weighted by Gasteiger charge is 2.30. The van der Waals surface area contributed by atoms with Gasteiger partial charge in [-0.3, -0.25) is 9.59 Å². The molecule has 1 aliphatic rings. The van der Waals surface area contributed by atoms with Crippen molar-refractivity contribution in [2.75, 3.05) is 7.11 Å². The Morgan fingerprint density at radius 3 is 2.68 bits per heavy atom. The summed E-state index contributed by atoms with van der Waals surface area (Å²) in [5, 5.41) is 0.538. The van der Waals surface area contributed by atoms with Crippen LogP contribution in [0.5, 0.6) is 11.6 Å². The van der Waals surface area contributed by atoms with E-state index in [0.29, 0.717) is 17.0 Å². The fraction of sp³-hybridized carbons (Fsp3) is 0.312. The summed E-state index contributed by atoms with van der Waals surface area (Å²) in [6.45, 7) is 1.95. The molecular weight excluding hydrogens is 302 g/mol. The maximum absolute atomic E-state index is 12.4. The molecule has 0 fully saturated rings. The summed E-state index contributed by atoms with van der Waals surface area (Å²) >= 11 is 1.08. The fourth-order valence-electron chi connectivity index (χ4n) is 2.48. The van der Waals surface area contributed by atoms with Crippen LogP contribution in [-0.4, -0.2) is 18.1 Å². The van der Waals surface area contributed by atoms with E-state index in [1.165, 1.54) is 0 Å². The molecule has 0 saturated carbocycles. The van der Waals surface area contributed by atoms with Crippen LogP contribution < -0.4 is 14.2 Å². The molecule has 114 valence electrons. The lowest BCUT2D eigenvalue weighted by Gasteiger charge is -2.21. The minimum absolute atomic E-state index is 0.0878. The number of benzene rings is 1. The standard InChI is InChI=1S/C16H15NO4S/c1-3-9-8-12(18)21-14-13(9)16(19)22-15(17-14)10-4-6-11(20-2)7-5-10/h4-7,9H,3,8H2,1-2H3. The van der Waals surface area contributed by atoms with Crippen molar-refractivity contribution < 1.29 is 14.3 Å². The first-order valence-electron chi connectivity index (χ1n) is 7.02. The van der Waals surface area contributed by atoms with E-state index in [9.17, 15) is 9.59 Å². The van der Waals surface area contributed by atoms with Gasteiger partial charge in [0.15, 0.2) is 0 Å². The minimum atomic E-state index is -0.330. The van der Waals surface area contributed by atoms with Crippen molar-refractivity contribution in [3.8, 4) is 22.2 Å². The molecule has 2 heterocycles. The van der Waals surface area contributed by atoms with Gasteiger partial charge in [-0.1, -0.05) is 18.3 Å². The molecule has 0 N–H and O–H groups in total. The molecule has 2 aromatic rings. The number of aromatic nitrogens is 1. The summed E-state index contributed by atoms with van der Waals surface area (Å²) in [5.74, 6) is 0.463. The highest BCUT2D eigenvalue weighted by atomic mass is 32.1. The van der Waals surface area contributed by atoms with Gasteiger partial charge in [0.1, 0.15) is 10.8 Å². The smallest absolute Gasteiger partial charge is 0.313 e. The normalized spacial score (nSPS) is 16.8. The van der Waals surface area contributed by atoms with Crippen molar-refractivity contribution in [1.82, 2.24) is 4.98 Å². The van der Waals surface area contributed by atoms with Gasteiger partial charge in [0.25, 0.3) is 0 Å². The molecule has 0 saturated heterocycles. The quantitative estimate of drug-likeness (QED) is 0.814. The van der Waals surface area contributed by atoms with E-state index in [1.807, 2.05) is 19.1 Å². The van der Waals surface area contributed by atoms with Crippen LogP contribution in [0.25, 0.3) is 10.6 Å².